The van der Waals surface area contributed by atoms with Crippen LogP contribution >= 0.6 is 11.6 Å². The second-order valence-electron chi connectivity index (χ2n) is 4.10. The van der Waals surface area contributed by atoms with E-state index in [9.17, 15) is 9.18 Å². The number of halogens is 2. The first-order chi connectivity index (χ1) is 10.1. The van der Waals surface area contributed by atoms with E-state index in [0.717, 1.165) is 6.07 Å². The number of hydrogen-bond acceptors (Lipinski definition) is 3. The van der Waals surface area contributed by atoms with Gasteiger partial charge in [-0.15, -0.1) is 0 Å². The van der Waals surface area contributed by atoms with E-state index < -0.39 is 11.7 Å². The Morgan fingerprint density at radius 3 is 2.86 bits per heavy atom. The van der Waals surface area contributed by atoms with Gasteiger partial charge in [0.15, 0.2) is 0 Å². The SMILES string of the molecule is COc1ccc(Cl)cc1/C=N\NC(=O)c1cccc(F)c1. The minimum atomic E-state index is -0.508. The molecule has 0 saturated heterocycles. The van der Waals surface area contributed by atoms with Gasteiger partial charge >= 0.3 is 0 Å². The zero-order valence-corrected chi connectivity index (χ0v) is 11.9. The molecule has 108 valence electrons. The lowest BCUT2D eigenvalue weighted by Gasteiger charge is -2.04. The summed E-state index contributed by atoms with van der Waals surface area (Å²) in [6.45, 7) is 0. The van der Waals surface area contributed by atoms with Crippen LogP contribution < -0.4 is 10.2 Å². The monoisotopic (exact) mass is 306 g/mol. The fourth-order valence-electron chi connectivity index (χ4n) is 1.66. The van der Waals surface area contributed by atoms with Gasteiger partial charge in [0.2, 0.25) is 0 Å². The third-order valence-electron chi connectivity index (χ3n) is 2.65. The van der Waals surface area contributed by atoms with Crippen LogP contribution in [0.5, 0.6) is 5.75 Å². The number of benzene rings is 2. The van der Waals surface area contributed by atoms with Crippen molar-refractivity contribution < 1.29 is 13.9 Å². The van der Waals surface area contributed by atoms with Gasteiger partial charge in [0.1, 0.15) is 11.6 Å². The van der Waals surface area contributed by atoms with Gasteiger partial charge in [0, 0.05) is 16.1 Å². The third kappa shape index (κ3) is 4.03. The van der Waals surface area contributed by atoms with Crippen LogP contribution in [-0.4, -0.2) is 19.2 Å². The molecule has 1 amide bonds. The van der Waals surface area contributed by atoms with Crippen LogP contribution in [0.1, 0.15) is 15.9 Å². The van der Waals surface area contributed by atoms with Crippen LogP contribution in [0.2, 0.25) is 5.02 Å². The molecule has 4 nitrogen and oxygen atoms in total. The number of nitrogens with one attached hydrogen (secondary N) is 1. The average Bonchev–Trinajstić information content (AvgIpc) is 2.47. The van der Waals surface area contributed by atoms with Crippen LogP contribution in [0.4, 0.5) is 4.39 Å². The fourth-order valence-corrected chi connectivity index (χ4v) is 1.84. The molecule has 0 bridgehead atoms. The first-order valence-electron chi connectivity index (χ1n) is 6.02. The minimum Gasteiger partial charge on any atom is -0.496 e. The van der Waals surface area contributed by atoms with Crippen LogP contribution in [0.25, 0.3) is 0 Å². The summed E-state index contributed by atoms with van der Waals surface area (Å²) in [7, 11) is 1.52. The summed E-state index contributed by atoms with van der Waals surface area (Å²) >= 11 is 5.88. The molecule has 0 saturated carbocycles. The van der Waals surface area contributed by atoms with Crippen LogP contribution in [0.3, 0.4) is 0 Å². The maximum Gasteiger partial charge on any atom is 0.271 e. The molecule has 0 atom stereocenters. The van der Waals surface area contributed by atoms with Gasteiger partial charge in [-0.2, -0.15) is 5.10 Å². The van der Waals surface area contributed by atoms with E-state index in [-0.39, 0.29) is 5.56 Å². The number of hydrazone groups is 1. The van der Waals surface area contributed by atoms with Crippen molar-refractivity contribution in [1.82, 2.24) is 5.43 Å². The van der Waals surface area contributed by atoms with E-state index >= 15 is 0 Å². The van der Waals surface area contributed by atoms with Gasteiger partial charge in [0.25, 0.3) is 5.91 Å². The Morgan fingerprint density at radius 2 is 2.14 bits per heavy atom. The highest BCUT2D eigenvalue weighted by molar-refractivity contribution is 6.30. The standard InChI is InChI=1S/C15H12ClFN2O2/c1-21-14-6-5-12(16)7-11(14)9-18-19-15(20)10-3-2-4-13(17)8-10/h2-9H,1H3,(H,19,20)/b18-9-. The lowest BCUT2D eigenvalue weighted by molar-refractivity contribution is 0.0954. The van der Waals surface area contributed by atoms with Crippen molar-refractivity contribution in [3.8, 4) is 5.75 Å². The molecule has 0 spiro atoms. The molecule has 0 aliphatic rings. The quantitative estimate of drug-likeness (QED) is 0.696. The topological polar surface area (TPSA) is 50.7 Å². The van der Waals surface area contributed by atoms with Crippen molar-refractivity contribution in [1.29, 1.82) is 0 Å². The highest BCUT2D eigenvalue weighted by Crippen LogP contribution is 2.20. The average molecular weight is 307 g/mol. The fraction of sp³-hybridized carbons (Fsp3) is 0.0667. The zero-order valence-electron chi connectivity index (χ0n) is 11.1. The maximum atomic E-state index is 13.0. The maximum absolute atomic E-state index is 13.0. The van der Waals surface area contributed by atoms with Gasteiger partial charge in [-0.05, 0) is 36.4 Å². The van der Waals surface area contributed by atoms with E-state index in [1.54, 1.807) is 18.2 Å². The van der Waals surface area contributed by atoms with Gasteiger partial charge in [-0.25, -0.2) is 9.82 Å². The Labute approximate surface area is 126 Å². The number of amides is 1. The van der Waals surface area contributed by atoms with Crippen LogP contribution in [0, 0.1) is 5.82 Å². The van der Waals surface area contributed by atoms with Crippen molar-refractivity contribution in [2.24, 2.45) is 5.10 Å². The highest BCUT2D eigenvalue weighted by atomic mass is 35.5. The largest absolute Gasteiger partial charge is 0.496 e. The first kappa shape index (κ1) is 15.0. The molecule has 0 unspecified atom stereocenters. The third-order valence-corrected chi connectivity index (χ3v) is 2.88. The molecule has 2 aromatic rings. The predicted octanol–water partition coefficient (Wildman–Crippen LogP) is 3.25. The summed E-state index contributed by atoms with van der Waals surface area (Å²) < 4.78 is 18.2. The molecule has 2 rings (SSSR count). The second-order valence-corrected chi connectivity index (χ2v) is 4.53. The molecule has 1 N–H and O–H groups in total. The van der Waals surface area contributed by atoms with Gasteiger partial charge in [-0.1, -0.05) is 17.7 Å². The lowest BCUT2D eigenvalue weighted by Crippen LogP contribution is -2.17. The summed E-state index contributed by atoms with van der Waals surface area (Å²) in [5, 5.41) is 4.33. The van der Waals surface area contributed by atoms with Crippen molar-refractivity contribution >= 4 is 23.7 Å². The molecular weight excluding hydrogens is 295 g/mol. The number of methoxy groups -OCH3 is 1. The van der Waals surface area contributed by atoms with Gasteiger partial charge in [0.05, 0.1) is 13.3 Å². The zero-order chi connectivity index (χ0) is 15.2. The Bertz CT molecular complexity index is 689. The molecule has 0 radical (unpaired) electrons. The number of carbonyl (C=O) groups excluding carboxylic acids is 1. The van der Waals surface area contributed by atoms with E-state index in [4.69, 9.17) is 16.3 Å². The number of ether oxygens (including phenoxy) is 1. The smallest absolute Gasteiger partial charge is 0.271 e. The molecule has 0 aromatic heterocycles. The second kappa shape index (κ2) is 6.85. The predicted molar refractivity (Wildman–Crippen MR) is 79.5 cm³/mol. The molecule has 0 aliphatic carbocycles. The highest BCUT2D eigenvalue weighted by Gasteiger charge is 2.05. The number of carbonyl (C=O) groups is 1. The molecule has 21 heavy (non-hydrogen) atoms. The molecule has 0 aliphatic heterocycles. The summed E-state index contributed by atoms with van der Waals surface area (Å²) in [5.41, 5.74) is 3.11. The number of hydrogen-bond donors (Lipinski definition) is 1. The minimum absolute atomic E-state index is 0.185. The number of rotatable bonds is 4. The molecule has 6 heteroatoms. The molecule has 2 aromatic carbocycles. The Balaban J connectivity index is 2.09. The van der Waals surface area contributed by atoms with E-state index in [1.807, 2.05) is 0 Å². The van der Waals surface area contributed by atoms with Gasteiger partial charge < -0.3 is 4.74 Å². The van der Waals surface area contributed by atoms with Crippen LogP contribution in [-0.2, 0) is 0 Å². The van der Waals surface area contributed by atoms with E-state index in [2.05, 4.69) is 10.5 Å². The van der Waals surface area contributed by atoms with E-state index in [1.165, 1.54) is 31.5 Å². The van der Waals surface area contributed by atoms with Crippen molar-refractivity contribution in [2.75, 3.05) is 7.11 Å². The van der Waals surface area contributed by atoms with E-state index in [0.29, 0.717) is 16.3 Å². The number of nitrogens with zero attached hydrogens (tertiary/aromatic N) is 1. The molecule has 0 heterocycles. The lowest BCUT2D eigenvalue weighted by atomic mass is 10.2. The Morgan fingerprint density at radius 1 is 1.33 bits per heavy atom. The van der Waals surface area contributed by atoms with Crippen LogP contribution in [0.15, 0.2) is 47.6 Å². The normalized spacial score (nSPS) is 10.6. The summed E-state index contributed by atoms with van der Waals surface area (Å²) in [6, 6.07) is 10.4. The van der Waals surface area contributed by atoms with Crippen molar-refractivity contribution in [3.05, 3.63) is 64.4 Å². The Hall–Kier alpha value is -2.40. The summed E-state index contributed by atoms with van der Waals surface area (Å²) in [4.78, 5) is 11.8. The Kier molecular flexibility index (Phi) is 4.90. The van der Waals surface area contributed by atoms with Gasteiger partial charge in [-0.3, -0.25) is 4.79 Å². The molecule has 0 fully saturated rings. The van der Waals surface area contributed by atoms with Crippen molar-refractivity contribution in [3.63, 3.8) is 0 Å². The molecular formula is C15H12ClFN2O2. The summed E-state index contributed by atoms with van der Waals surface area (Å²) in [5.74, 6) is -0.418. The summed E-state index contributed by atoms with van der Waals surface area (Å²) in [6.07, 6.45) is 1.40. The first-order valence-corrected chi connectivity index (χ1v) is 6.40. The van der Waals surface area contributed by atoms with Crippen molar-refractivity contribution in [2.45, 2.75) is 0 Å².